The fourth-order valence-corrected chi connectivity index (χ4v) is 2.76. The zero-order chi connectivity index (χ0) is 16.2. The monoisotopic (exact) mass is 315 g/mol. The number of benzene rings is 1. The second kappa shape index (κ2) is 6.70. The molecule has 122 valence electrons. The first-order valence-electron chi connectivity index (χ1n) is 7.67. The smallest absolute Gasteiger partial charge is 0.323 e. The van der Waals surface area contributed by atoms with Crippen molar-refractivity contribution in [1.29, 1.82) is 0 Å². The lowest BCUT2D eigenvalue weighted by Gasteiger charge is -2.36. The molecule has 3 N–H and O–H groups in total. The molecule has 1 aliphatic rings. The van der Waals surface area contributed by atoms with E-state index in [0.717, 1.165) is 24.5 Å². The number of anilines is 3. The molecule has 0 bridgehead atoms. The zero-order valence-corrected chi connectivity index (χ0v) is 13.2. The Labute approximate surface area is 135 Å². The minimum absolute atomic E-state index is 0.220. The van der Waals surface area contributed by atoms with E-state index in [1.807, 2.05) is 24.3 Å². The van der Waals surface area contributed by atoms with E-state index in [9.17, 15) is 4.79 Å². The van der Waals surface area contributed by atoms with Gasteiger partial charge in [0, 0.05) is 30.7 Å². The summed E-state index contributed by atoms with van der Waals surface area (Å²) >= 11 is 0. The van der Waals surface area contributed by atoms with Crippen LogP contribution in [-0.4, -0.2) is 41.5 Å². The third-order valence-corrected chi connectivity index (χ3v) is 3.67. The molecular weight excluding hydrogens is 294 g/mol. The first-order valence-corrected chi connectivity index (χ1v) is 7.67. The Morgan fingerprint density at radius 2 is 1.83 bits per heavy atom. The summed E-state index contributed by atoms with van der Waals surface area (Å²) in [5.41, 5.74) is 2.49. The predicted octanol–water partition coefficient (Wildman–Crippen LogP) is 2.67. The molecule has 1 aromatic heterocycles. The van der Waals surface area contributed by atoms with Gasteiger partial charge in [-0.15, -0.1) is 0 Å². The summed E-state index contributed by atoms with van der Waals surface area (Å²) in [5, 5.41) is 11.9. The van der Waals surface area contributed by atoms with Gasteiger partial charge in [-0.3, -0.25) is 5.10 Å². The van der Waals surface area contributed by atoms with E-state index in [4.69, 9.17) is 4.74 Å². The Kier molecular flexibility index (Phi) is 4.47. The second-order valence-corrected chi connectivity index (χ2v) is 5.78. The summed E-state index contributed by atoms with van der Waals surface area (Å²) in [5.74, 6) is 0. The molecule has 0 radical (unpaired) electrons. The second-order valence-electron chi connectivity index (χ2n) is 5.78. The van der Waals surface area contributed by atoms with Crippen molar-refractivity contribution < 1.29 is 9.53 Å². The molecule has 2 amide bonds. The molecule has 7 nitrogen and oxygen atoms in total. The van der Waals surface area contributed by atoms with E-state index >= 15 is 0 Å². The lowest BCUT2D eigenvalue weighted by Crippen LogP contribution is -2.45. The van der Waals surface area contributed by atoms with Crippen LogP contribution in [0.5, 0.6) is 0 Å². The van der Waals surface area contributed by atoms with Crippen molar-refractivity contribution in [3.8, 4) is 0 Å². The maximum Gasteiger partial charge on any atom is 0.323 e. The first-order chi connectivity index (χ1) is 11.1. The molecule has 2 unspecified atom stereocenters. The van der Waals surface area contributed by atoms with Crippen molar-refractivity contribution >= 4 is 23.1 Å². The van der Waals surface area contributed by atoms with Gasteiger partial charge in [0.1, 0.15) is 0 Å². The normalized spacial score (nSPS) is 21.0. The molecule has 2 atom stereocenters. The van der Waals surface area contributed by atoms with Crippen molar-refractivity contribution in [3.63, 3.8) is 0 Å². The van der Waals surface area contributed by atoms with Crippen molar-refractivity contribution in [3.05, 3.63) is 36.7 Å². The number of aromatic nitrogens is 2. The molecular formula is C16H21N5O2. The van der Waals surface area contributed by atoms with Crippen molar-refractivity contribution in [2.75, 3.05) is 28.6 Å². The van der Waals surface area contributed by atoms with Crippen molar-refractivity contribution in [2.45, 2.75) is 26.1 Å². The van der Waals surface area contributed by atoms with Crippen LogP contribution in [0, 0.1) is 0 Å². The van der Waals surface area contributed by atoms with Gasteiger partial charge in [0.15, 0.2) is 0 Å². The molecule has 23 heavy (non-hydrogen) atoms. The van der Waals surface area contributed by atoms with Crippen LogP contribution in [0.1, 0.15) is 13.8 Å². The number of carbonyl (C=O) groups is 1. The van der Waals surface area contributed by atoms with Crippen LogP contribution in [0.3, 0.4) is 0 Å². The average Bonchev–Trinajstić information content (AvgIpc) is 2.99. The largest absolute Gasteiger partial charge is 0.372 e. The highest BCUT2D eigenvalue weighted by atomic mass is 16.5. The van der Waals surface area contributed by atoms with E-state index in [0.29, 0.717) is 5.69 Å². The number of morpholine rings is 1. The van der Waals surface area contributed by atoms with Gasteiger partial charge in [0.25, 0.3) is 0 Å². The van der Waals surface area contributed by atoms with Crippen LogP contribution < -0.4 is 15.5 Å². The number of H-pyrrole nitrogens is 1. The molecule has 1 aromatic carbocycles. The maximum atomic E-state index is 11.9. The van der Waals surface area contributed by atoms with Crippen LogP contribution in [0.15, 0.2) is 36.7 Å². The number of hydrogen-bond acceptors (Lipinski definition) is 4. The zero-order valence-electron chi connectivity index (χ0n) is 13.2. The molecule has 3 rings (SSSR count). The van der Waals surface area contributed by atoms with E-state index in [2.05, 4.69) is 39.6 Å². The lowest BCUT2D eigenvalue weighted by atomic mass is 10.2. The highest BCUT2D eigenvalue weighted by molar-refractivity contribution is 5.99. The van der Waals surface area contributed by atoms with Crippen LogP contribution in [0.4, 0.5) is 21.9 Å². The number of nitrogens with zero attached hydrogens (tertiary/aromatic N) is 2. The van der Waals surface area contributed by atoms with E-state index in [1.54, 1.807) is 12.4 Å². The van der Waals surface area contributed by atoms with E-state index in [1.165, 1.54) is 0 Å². The number of carbonyl (C=O) groups excluding carboxylic acids is 1. The molecule has 2 heterocycles. The number of ether oxygens (including phenoxy) is 1. The quantitative estimate of drug-likeness (QED) is 0.813. The minimum atomic E-state index is -0.298. The van der Waals surface area contributed by atoms with Gasteiger partial charge < -0.3 is 20.3 Å². The Hall–Kier alpha value is -2.54. The molecule has 1 saturated heterocycles. The topological polar surface area (TPSA) is 82.3 Å². The van der Waals surface area contributed by atoms with Crippen molar-refractivity contribution in [1.82, 2.24) is 10.2 Å². The number of urea groups is 1. The predicted molar refractivity (Wildman–Crippen MR) is 89.9 cm³/mol. The lowest BCUT2D eigenvalue weighted by molar-refractivity contribution is -0.00521. The molecule has 2 aromatic rings. The van der Waals surface area contributed by atoms with Crippen molar-refractivity contribution in [2.24, 2.45) is 0 Å². The van der Waals surface area contributed by atoms with Gasteiger partial charge in [0.05, 0.1) is 24.1 Å². The number of amides is 2. The Balaban J connectivity index is 1.59. The molecule has 1 fully saturated rings. The Morgan fingerprint density at radius 3 is 2.43 bits per heavy atom. The van der Waals surface area contributed by atoms with Crippen LogP contribution >= 0.6 is 0 Å². The van der Waals surface area contributed by atoms with Crippen LogP contribution in [0.25, 0.3) is 0 Å². The molecule has 1 aliphatic heterocycles. The van der Waals surface area contributed by atoms with Gasteiger partial charge in [-0.2, -0.15) is 5.10 Å². The summed E-state index contributed by atoms with van der Waals surface area (Å²) in [7, 11) is 0. The van der Waals surface area contributed by atoms with Gasteiger partial charge in [-0.05, 0) is 38.1 Å². The standard InChI is InChI=1S/C16H21N5O2/c1-11-9-21(10-12(2)23-11)15-5-3-13(4-6-15)19-16(22)20-14-7-17-18-8-14/h3-8,11-12H,9-10H2,1-2H3,(H,17,18)(H2,19,20,22). The summed E-state index contributed by atoms with van der Waals surface area (Å²) < 4.78 is 5.75. The summed E-state index contributed by atoms with van der Waals surface area (Å²) in [4.78, 5) is 14.2. The summed E-state index contributed by atoms with van der Waals surface area (Å²) in [6.07, 6.45) is 3.60. The minimum Gasteiger partial charge on any atom is -0.372 e. The van der Waals surface area contributed by atoms with Crippen LogP contribution in [0.2, 0.25) is 0 Å². The molecule has 0 saturated carbocycles. The molecule has 0 spiro atoms. The van der Waals surface area contributed by atoms with Gasteiger partial charge in [0.2, 0.25) is 0 Å². The van der Waals surface area contributed by atoms with Crippen LogP contribution in [-0.2, 0) is 4.74 Å². The summed E-state index contributed by atoms with van der Waals surface area (Å²) in [6.45, 7) is 5.91. The van der Waals surface area contributed by atoms with Gasteiger partial charge >= 0.3 is 6.03 Å². The van der Waals surface area contributed by atoms with E-state index in [-0.39, 0.29) is 18.2 Å². The molecule has 7 heteroatoms. The number of nitrogens with one attached hydrogen (secondary N) is 3. The third-order valence-electron chi connectivity index (χ3n) is 3.67. The number of rotatable bonds is 3. The molecule has 0 aliphatic carbocycles. The average molecular weight is 315 g/mol. The maximum absolute atomic E-state index is 11.9. The SMILES string of the molecule is CC1CN(c2ccc(NC(=O)Nc3cn[nH]c3)cc2)CC(C)O1. The third kappa shape index (κ3) is 4.01. The fraction of sp³-hybridized carbons (Fsp3) is 0.375. The number of aromatic amines is 1. The van der Waals surface area contributed by atoms with Gasteiger partial charge in [-0.25, -0.2) is 4.79 Å². The Bertz CT molecular complexity index is 631. The summed E-state index contributed by atoms with van der Waals surface area (Å²) in [6, 6.07) is 7.52. The fourth-order valence-electron chi connectivity index (χ4n) is 2.76. The first kappa shape index (κ1) is 15.4. The highest BCUT2D eigenvalue weighted by Crippen LogP contribution is 2.22. The van der Waals surface area contributed by atoms with Gasteiger partial charge in [-0.1, -0.05) is 0 Å². The van der Waals surface area contributed by atoms with E-state index < -0.39 is 0 Å². The number of hydrogen-bond donors (Lipinski definition) is 3. The highest BCUT2D eigenvalue weighted by Gasteiger charge is 2.22. The Morgan fingerprint density at radius 1 is 1.17 bits per heavy atom.